The Bertz CT molecular complexity index is 320. The van der Waals surface area contributed by atoms with Crippen molar-refractivity contribution in [1.82, 2.24) is 9.97 Å². The molecule has 0 N–H and O–H groups in total. The summed E-state index contributed by atoms with van der Waals surface area (Å²) in [4.78, 5) is 7.81. The summed E-state index contributed by atoms with van der Waals surface area (Å²) in [6.07, 6.45) is 3.56. The zero-order valence-electron chi connectivity index (χ0n) is 8.83. The Morgan fingerprint density at radius 2 is 2.20 bits per heavy atom. The molecule has 0 spiro atoms. The SMILES string of the molecule is CC(C)CCCOc1ncnc(Cl)c1Br. The third-order valence-electron chi connectivity index (χ3n) is 1.88. The van der Waals surface area contributed by atoms with Crippen LogP contribution in [0.2, 0.25) is 5.15 Å². The molecule has 84 valence electrons. The van der Waals surface area contributed by atoms with Crippen molar-refractivity contribution in [2.24, 2.45) is 5.92 Å². The van der Waals surface area contributed by atoms with Crippen molar-refractivity contribution in [3.05, 3.63) is 16.0 Å². The van der Waals surface area contributed by atoms with Gasteiger partial charge in [-0.15, -0.1) is 0 Å². The van der Waals surface area contributed by atoms with Gasteiger partial charge < -0.3 is 4.74 Å². The predicted molar refractivity (Wildman–Crippen MR) is 64.3 cm³/mol. The Morgan fingerprint density at radius 1 is 1.47 bits per heavy atom. The zero-order valence-corrected chi connectivity index (χ0v) is 11.2. The maximum Gasteiger partial charge on any atom is 0.232 e. The van der Waals surface area contributed by atoms with Crippen molar-refractivity contribution < 1.29 is 4.74 Å². The summed E-state index contributed by atoms with van der Waals surface area (Å²) in [5, 5.41) is 0.379. The van der Waals surface area contributed by atoms with Crippen LogP contribution in [0.3, 0.4) is 0 Å². The van der Waals surface area contributed by atoms with Crippen LogP contribution in [0.4, 0.5) is 0 Å². The molecule has 0 fully saturated rings. The lowest BCUT2D eigenvalue weighted by Crippen LogP contribution is -2.02. The van der Waals surface area contributed by atoms with Crippen LogP contribution in [0.5, 0.6) is 5.88 Å². The molecule has 0 aliphatic rings. The molecule has 0 unspecified atom stereocenters. The van der Waals surface area contributed by atoms with E-state index in [-0.39, 0.29) is 0 Å². The highest BCUT2D eigenvalue weighted by atomic mass is 79.9. The number of aromatic nitrogens is 2. The Morgan fingerprint density at radius 3 is 2.87 bits per heavy atom. The fourth-order valence-corrected chi connectivity index (χ4v) is 1.54. The number of nitrogens with zero attached hydrogens (tertiary/aromatic N) is 2. The number of hydrogen-bond donors (Lipinski definition) is 0. The Labute approximate surface area is 103 Å². The van der Waals surface area contributed by atoms with E-state index in [1.807, 2.05) is 0 Å². The minimum absolute atomic E-state index is 0.379. The minimum Gasteiger partial charge on any atom is -0.477 e. The molecule has 1 heterocycles. The maximum atomic E-state index is 5.80. The first-order valence-electron chi connectivity index (χ1n) is 4.90. The van der Waals surface area contributed by atoms with E-state index in [1.165, 1.54) is 6.33 Å². The molecule has 5 heteroatoms. The lowest BCUT2D eigenvalue weighted by Gasteiger charge is -2.08. The molecule has 0 saturated heterocycles. The second-order valence-corrected chi connectivity index (χ2v) is 4.82. The van der Waals surface area contributed by atoms with E-state index < -0.39 is 0 Å². The van der Waals surface area contributed by atoms with Gasteiger partial charge in [-0.2, -0.15) is 0 Å². The van der Waals surface area contributed by atoms with E-state index >= 15 is 0 Å². The molecule has 1 aromatic rings. The molecular weight excluding hydrogens is 279 g/mol. The molecule has 0 amide bonds. The molecule has 1 aromatic heterocycles. The lowest BCUT2D eigenvalue weighted by molar-refractivity contribution is 0.285. The molecule has 0 atom stereocenters. The van der Waals surface area contributed by atoms with Crippen LogP contribution in [-0.4, -0.2) is 16.6 Å². The Hall–Kier alpha value is -0.350. The van der Waals surface area contributed by atoms with Crippen molar-refractivity contribution in [3.63, 3.8) is 0 Å². The van der Waals surface area contributed by atoms with E-state index in [9.17, 15) is 0 Å². The van der Waals surface area contributed by atoms with Crippen LogP contribution < -0.4 is 4.74 Å². The second-order valence-electron chi connectivity index (χ2n) is 3.67. The van der Waals surface area contributed by atoms with Crippen molar-refractivity contribution in [1.29, 1.82) is 0 Å². The highest BCUT2D eigenvalue weighted by Gasteiger charge is 2.07. The van der Waals surface area contributed by atoms with Crippen LogP contribution in [0.25, 0.3) is 0 Å². The molecule has 0 saturated carbocycles. The Kier molecular flexibility index (Phi) is 5.32. The molecule has 1 rings (SSSR count). The standard InChI is InChI=1S/C10H14BrClN2O/c1-7(2)4-3-5-15-10-8(11)9(12)13-6-14-10/h6-7H,3-5H2,1-2H3. The van der Waals surface area contributed by atoms with E-state index in [0.717, 1.165) is 12.8 Å². The van der Waals surface area contributed by atoms with Crippen LogP contribution in [0.15, 0.2) is 10.8 Å². The number of rotatable bonds is 5. The van der Waals surface area contributed by atoms with Gasteiger partial charge in [-0.25, -0.2) is 9.97 Å². The van der Waals surface area contributed by atoms with Crippen LogP contribution in [-0.2, 0) is 0 Å². The maximum absolute atomic E-state index is 5.80. The highest BCUT2D eigenvalue weighted by molar-refractivity contribution is 9.10. The van der Waals surface area contributed by atoms with Crippen molar-refractivity contribution in [2.45, 2.75) is 26.7 Å². The summed E-state index contributed by atoms with van der Waals surface area (Å²) in [5.41, 5.74) is 0. The van der Waals surface area contributed by atoms with Crippen molar-refractivity contribution in [3.8, 4) is 5.88 Å². The summed E-state index contributed by atoms with van der Waals surface area (Å²) >= 11 is 9.08. The number of halogens is 2. The van der Waals surface area contributed by atoms with Gasteiger partial charge >= 0.3 is 0 Å². The normalized spacial score (nSPS) is 10.7. The quantitative estimate of drug-likeness (QED) is 0.613. The average molecular weight is 294 g/mol. The summed E-state index contributed by atoms with van der Waals surface area (Å²) in [6, 6.07) is 0. The van der Waals surface area contributed by atoms with Gasteiger partial charge in [0.25, 0.3) is 0 Å². The van der Waals surface area contributed by atoms with E-state index in [0.29, 0.717) is 28.0 Å². The van der Waals surface area contributed by atoms with Gasteiger partial charge in [0.15, 0.2) is 5.15 Å². The lowest BCUT2D eigenvalue weighted by atomic mass is 10.1. The van der Waals surface area contributed by atoms with E-state index in [4.69, 9.17) is 16.3 Å². The molecule has 0 bridgehead atoms. The molecular formula is C10H14BrClN2O. The van der Waals surface area contributed by atoms with Crippen LogP contribution in [0, 0.1) is 5.92 Å². The monoisotopic (exact) mass is 292 g/mol. The molecule has 0 radical (unpaired) electrons. The van der Waals surface area contributed by atoms with Crippen LogP contribution >= 0.6 is 27.5 Å². The molecule has 0 aromatic carbocycles. The van der Waals surface area contributed by atoms with E-state index in [1.54, 1.807) is 0 Å². The molecule has 15 heavy (non-hydrogen) atoms. The van der Waals surface area contributed by atoms with Gasteiger partial charge in [0.1, 0.15) is 10.8 Å². The topological polar surface area (TPSA) is 35.0 Å². The third-order valence-corrected chi connectivity index (χ3v) is 3.11. The summed E-state index contributed by atoms with van der Waals surface area (Å²) in [6.45, 7) is 5.04. The van der Waals surface area contributed by atoms with Gasteiger partial charge in [0.05, 0.1) is 6.61 Å². The Balaban J connectivity index is 2.41. The first-order chi connectivity index (χ1) is 7.11. The smallest absolute Gasteiger partial charge is 0.232 e. The van der Waals surface area contributed by atoms with Crippen LogP contribution in [0.1, 0.15) is 26.7 Å². The van der Waals surface area contributed by atoms with Gasteiger partial charge in [-0.05, 0) is 34.7 Å². The van der Waals surface area contributed by atoms with Gasteiger partial charge in [0, 0.05) is 0 Å². The van der Waals surface area contributed by atoms with Gasteiger partial charge in [0.2, 0.25) is 5.88 Å². The number of ether oxygens (including phenoxy) is 1. The summed E-state index contributed by atoms with van der Waals surface area (Å²) < 4.78 is 6.11. The fraction of sp³-hybridized carbons (Fsp3) is 0.600. The highest BCUT2D eigenvalue weighted by Crippen LogP contribution is 2.27. The minimum atomic E-state index is 0.379. The first-order valence-corrected chi connectivity index (χ1v) is 6.07. The fourth-order valence-electron chi connectivity index (χ4n) is 1.09. The first kappa shape index (κ1) is 12.7. The summed E-state index contributed by atoms with van der Waals surface area (Å²) in [7, 11) is 0. The zero-order chi connectivity index (χ0) is 11.3. The number of hydrogen-bond acceptors (Lipinski definition) is 3. The van der Waals surface area contributed by atoms with E-state index in [2.05, 4.69) is 39.7 Å². The molecule has 0 aliphatic carbocycles. The van der Waals surface area contributed by atoms with Gasteiger partial charge in [-0.1, -0.05) is 25.4 Å². The summed E-state index contributed by atoms with van der Waals surface area (Å²) in [5.74, 6) is 1.21. The van der Waals surface area contributed by atoms with Crippen molar-refractivity contribution >= 4 is 27.5 Å². The average Bonchev–Trinajstić information content (AvgIpc) is 2.18. The second kappa shape index (κ2) is 6.28. The molecule has 3 nitrogen and oxygen atoms in total. The van der Waals surface area contributed by atoms with Crippen molar-refractivity contribution in [2.75, 3.05) is 6.61 Å². The molecule has 0 aliphatic heterocycles. The largest absolute Gasteiger partial charge is 0.477 e. The van der Waals surface area contributed by atoms with Gasteiger partial charge in [-0.3, -0.25) is 0 Å². The third kappa shape index (κ3) is 4.34. The predicted octanol–water partition coefficient (Wildman–Crippen LogP) is 3.71.